The van der Waals surface area contributed by atoms with Crippen molar-refractivity contribution in [3.8, 4) is 5.75 Å². The van der Waals surface area contributed by atoms with Gasteiger partial charge in [0.2, 0.25) is 0 Å². The topological polar surface area (TPSA) is 98.6 Å². The molecule has 0 saturated heterocycles. The Morgan fingerprint density at radius 1 is 1.53 bits per heavy atom. The van der Waals surface area contributed by atoms with Gasteiger partial charge in [-0.1, -0.05) is 12.2 Å². The third-order valence-corrected chi connectivity index (χ3v) is 2.13. The van der Waals surface area contributed by atoms with Crippen molar-refractivity contribution >= 4 is 28.9 Å². The standard InChI is InChI=1S/C9H10N2O3S/c1-14-5-3-2-4(8(11)15)7(10)6(5)9(12)13/h2-3H,10H2,1H3,(H2,11,15)(H,12,13). The van der Waals surface area contributed by atoms with Crippen LogP contribution in [0.25, 0.3) is 0 Å². The SMILES string of the molecule is COc1ccc(C(N)=S)c(N)c1C(=O)O. The molecule has 0 aromatic heterocycles. The Labute approximate surface area is 91.6 Å². The molecule has 1 rings (SSSR count). The molecule has 1 aromatic rings. The number of methoxy groups -OCH3 is 1. The van der Waals surface area contributed by atoms with Crippen LogP contribution < -0.4 is 16.2 Å². The first-order chi connectivity index (χ1) is 6.99. The largest absolute Gasteiger partial charge is 0.496 e. The van der Waals surface area contributed by atoms with E-state index in [0.717, 1.165) is 0 Å². The monoisotopic (exact) mass is 226 g/mol. The van der Waals surface area contributed by atoms with Crippen LogP contribution in [0, 0.1) is 0 Å². The van der Waals surface area contributed by atoms with E-state index in [0.29, 0.717) is 5.56 Å². The van der Waals surface area contributed by atoms with Crippen LogP contribution in [0.5, 0.6) is 5.75 Å². The molecule has 5 nitrogen and oxygen atoms in total. The number of hydrogen-bond donors (Lipinski definition) is 3. The molecule has 0 saturated carbocycles. The highest BCUT2D eigenvalue weighted by atomic mass is 32.1. The maximum Gasteiger partial charge on any atom is 0.341 e. The van der Waals surface area contributed by atoms with Gasteiger partial charge >= 0.3 is 5.97 Å². The molecule has 5 N–H and O–H groups in total. The lowest BCUT2D eigenvalue weighted by Crippen LogP contribution is -2.15. The van der Waals surface area contributed by atoms with Crippen molar-refractivity contribution in [2.24, 2.45) is 5.73 Å². The number of carboxylic acid groups (broad SMARTS) is 1. The van der Waals surface area contributed by atoms with Crippen molar-refractivity contribution in [1.82, 2.24) is 0 Å². The van der Waals surface area contributed by atoms with Crippen molar-refractivity contribution in [3.63, 3.8) is 0 Å². The zero-order valence-electron chi connectivity index (χ0n) is 7.98. The Morgan fingerprint density at radius 3 is 2.53 bits per heavy atom. The third-order valence-electron chi connectivity index (χ3n) is 1.91. The Balaban J connectivity index is 3.49. The second kappa shape index (κ2) is 4.14. The normalized spacial score (nSPS) is 9.67. The zero-order chi connectivity index (χ0) is 11.6. The minimum atomic E-state index is -1.18. The molecule has 80 valence electrons. The lowest BCUT2D eigenvalue weighted by Gasteiger charge is -2.10. The highest BCUT2D eigenvalue weighted by Crippen LogP contribution is 2.27. The number of aromatic carboxylic acids is 1. The number of hydrogen-bond acceptors (Lipinski definition) is 4. The first kappa shape index (κ1) is 11.3. The van der Waals surface area contributed by atoms with Gasteiger partial charge in [-0.25, -0.2) is 4.79 Å². The molecule has 0 unspecified atom stereocenters. The third kappa shape index (κ3) is 1.99. The van der Waals surface area contributed by atoms with Crippen LogP contribution in [0.4, 0.5) is 5.69 Å². The molecule has 15 heavy (non-hydrogen) atoms. The number of anilines is 1. The summed E-state index contributed by atoms with van der Waals surface area (Å²) in [5.74, 6) is -0.998. The molecule has 1 aromatic carbocycles. The molecule has 0 heterocycles. The fraction of sp³-hybridized carbons (Fsp3) is 0.111. The van der Waals surface area contributed by atoms with Gasteiger partial charge in [0.1, 0.15) is 16.3 Å². The highest BCUT2D eigenvalue weighted by molar-refractivity contribution is 7.80. The Kier molecular flexibility index (Phi) is 3.11. The number of nitrogens with two attached hydrogens (primary N) is 2. The minimum absolute atomic E-state index is 0.0225. The van der Waals surface area contributed by atoms with Crippen LogP contribution in [0.1, 0.15) is 15.9 Å². The summed E-state index contributed by atoms with van der Waals surface area (Å²) >= 11 is 4.74. The van der Waals surface area contributed by atoms with E-state index in [1.807, 2.05) is 0 Å². The first-order valence-electron chi connectivity index (χ1n) is 3.98. The van der Waals surface area contributed by atoms with Crippen molar-refractivity contribution in [2.45, 2.75) is 0 Å². The predicted molar refractivity (Wildman–Crippen MR) is 60.3 cm³/mol. The Hall–Kier alpha value is -1.82. The van der Waals surface area contributed by atoms with E-state index in [1.165, 1.54) is 19.2 Å². The maximum atomic E-state index is 10.9. The van der Waals surface area contributed by atoms with Gasteiger partial charge in [0.05, 0.1) is 12.8 Å². The molecule has 0 aliphatic rings. The smallest absolute Gasteiger partial charge is 0.341 e. The molecule has 0 amide bonds. The molecule has 0 spiro atoms. The van der Waals surface area contributed by atoms with E-state index in [2.05, 4.69) is 0 Å². The highest BCUT2D eigenvalue weighted by Gasteiger charge is 2.18. The van der Waals surface area contributed by atoms with Crippen molar-refractivity contribution in [1.29, 1.82) is 0 Å². The summed E-state index contributed by atoms with van der Waals surface area (Å²) in [7, 11) is 1.36. The molecule has 0 radical (unpaired) electrons. The average molecular weight is 226 g/mol. The molecule has 6 heteroatoms. The predicted octanol–water partition coefficient (Wildman–Crippen LogP) is 0.610. The number of rotatable bonds is 3. The summed E-state index contributed by atoms with van der Waals surface area (Å²) in [5, 5.41) is 8.94. The van der Waals surface area contributed by atoms with Gasteiger partial charge in [-0.05, 0) is 12.1 Å². The molecule has 0 aliphatic carbocycles. The molecule has 0 fully saturated rings. The number of ether oxygens (including phenoxy) is 1. The van der Waals surface area contributed by atoms with Crippen LogP contribution in [0.15, 0.2) is 12.1 Å². The summed E-state index contributed by atoms with van der Waals surface area (Å²) in [5.41, 5.74) is 11.3. The van der Waals surface area contributed by atoms with Crippen LogP contribution >= 0.6 is 12.2 Å². The molecule has 0 aliphatic heterocycles. The average Bonchev–Trinajstić information content (AvgIpc) is 2.15. The van der Waals surface area contributed by atoms with Gasteiger partial charge < -0.3 is 21.3 Å². The van der Waals surface area contributed by atoms with Gasteiger partial charge in [0.15, 0.2) is 0 Å². The Morgan fingerprint density at radius 2 is 2.13 bits per heavy atom. The molecule has 0 bridgehead atoms. The number of carboxylic acids is 1. The van der Waals surface area contributed by atoms with E-state index in [4.69, 9.17) is 33.5 Å². The molecule has 0 atom stereocenters. The first-order valence-corrected chi connectivity index (χ1v) is 4.39. The number of carbonyl (C=O) groups is 1. The Bertz CT molecular complexity index is 432. The summed E-state index contributed by atoms with van der Waals surface area (Å²) in [4.78, 5) is 11.0. The van der Waals surface area contributed by atoms with E-state index in [9.17, 15) is 4.79 Å². The number of thiocarbonyl (C=S) groups is 1. The summed E-state index contributed by atoms with van der Waals surface area (Å²) < 4.78 is 4.88. The quantitative estimate of drug-likeness (QED) is 0.516. The van der Waals surface area contributed by atoms with Gasteiger partial charge in [-0.3, -0.25) is 0 Å². The van der Waals surface area contributed by atoms with Gasteiger partial charge in [-0.15, -0.1) is 0 Å². The number of benzene rings is 1. The van der Waals surface area contributed by atoms with E-state index in [1.54, 1.807) is 0 Å². The lowest BCUT2D eigenvalue weighted by atomic mass is 10.1. The van der Waals surface area contributed by atoms with Crippen LogP contribution in [-0.2, 0) is 0 Å². The van der Waals surface area contributed by atoms with E-state index >= 15 is 0 Å². The van der Waals surface area contributed by atoms with Crippen LogP contribution in [0.2, 0.25) is 0 Å². The van der Waals surface area contributed by atoms with Gasteiger partial charge in [0, 0.05) is 5.56 Å². The maximum absolute atomic E-state index is 10.9. The minimum Gasteiger partial charge on any atom is -0.496 e. The zero-order valence-corrected chi connectivity index (χ0v) is 8.80. The van der Waals surface area contributed by atoms with Crippen molar-refractivity contribution < 1.29 is 14.6 Å². The van der Waals surface area contributed by atoms with E-state index < -0.39 is 5.97 Å². The molecular formula is C9H10N2O3S. The summed E-state index contributed by atoms with van der Waals surface area (Å²) in [6, 6.07) is 3.00. The fourth-order valence-electron chi connectivity index (χ4n) is 1.21. The van der Waals surface area contributed by atoms with Crippen LogP contribution in [0.3, 0.4) is 0 Å². The van der Waals surface area contributed by atoms with Gasteiger partial charge in [0.25, 0.3) is 0 Å². The lowest BCUT2D eigenvalue weighted by molar-refractivity contribution is 0.0694. The molecular weight excluding hydrogens is 216 g/mol. The second-order valence-corrected chi connectivity index (χ2v) is 3.21. The summed E-state index contributed by atoms with van der Waals surface area (Å²) in [6.45, 7) is 0. The van der Waals surface area contributed by atoms with E-state index in [-0.39, 0.29) is 22.0 Å². The fourth-order valence-corrected chi connectivity index (χ4v) is 1.38. The van der Waals surface area contributed by atoms with Crippen molar-refractivity contribution in [2.75, 3.05) is 12.8 Å². The van der Waals surface area contributed by atoms with Crippen molar-refractivity contribution in [3.05, 3.63) is 23.3 Å². The van der Waals surface area contributed by atoms with Crippen LogP contribution in [-0.4, -0.2) is 23.2 Å². The number of nitrogen functional groups attached to an aromatic ring is 1. The second-order valence-electron chi connectivity index (χ2n) is 2.77. The van der Waals surface area contributed by atoms with Gasteiger partial charge in [-0.2, -0.15) is 0 Å². The summed E-state index contributed by atoms with van der Waals surface area (Å²) in [6.07, 6.45) is 0.